The third kappa shape index (κ3) is 6.98. The molecule has 164 valence electrons. The van der Waals surface area contributed by atoms with Crippen LogP contribution in [0.4, 0.5) is 0 Å². The van der Waals surface area contributed by atoms with E-state index in [1.165, 1.54) is 0 Å². The molecule has 0 saturated heterocycles. The van der Waals surface area contributed by atoms with E-state index in [2.05, 4.69) is 41.5 Å². The first-order valence-corrected chi connectivity index (χ1v) is 10.8. The van der Waals surface area contributed by atoms with Gasteiger partial charge in [0.15, 0.2) is 0 Å². The summed E-state index contributed by atoms with van der Waals surface area (Å²) in [5, 5.41) is 0. The fourth-order valence-corrected chi connectivity index (χ4v) is 3.66. The van der Waals surface area contributed by atoms with Crippen molar-refractivity contribution in [2.24, 2.45) is 16.2 Å². The number of esters is 1. The maximum absolute atomic E-state index is 13.5. The van der Waals surface area contributed by atoms with E-state index >= 15 is 0 Å². The van der Waals surface area contributed by atoms with Crippen LogP contribution in [0.3, 0.4) is 0 Å². The molecule has 0 N–H and O–H groups in total. The van der Waals surface area contributed by atoms with Gasteiger partial charge in [0.1, 0.15) is 0 Å². The zero-order valence-electron chi connectivity index (χ0n) is 19.7. The Morgan fingerprint density at radius 2 is 1.30 bits per heavy atom. The highest BCUT2D eigenvalue weighted by atomic mass is 16.7. The van der Waals surface area contributed by atoms with Gasteiger partial charge in [-0.3, -0.25) is 4.79 Å². The van der Waals surface area contributed by atoms with Gasteiger partial charge in [-0.2, -0.15) is 0 Å². The zero-order chi connectivity index (χ0) is 22.4. The van der Waals surface area contributed by atoms with Crippen molar-refractivity contribution < 1.29 is 14.3 Å². The highest BCUT2D eigenvalue weighted by Gasteiger charge is 2.48. The van der Waals surface area contributed by atoms with Crippen LogP contribution >= 0.6 is 0 Å². The lowest BCUT2D eigenvalue weighted by molar-refractivity contribution is -0.199. The van der Waals surface area contributed by atoms with Crippen molar-refractivity contribution in [1.29, 1.82) is 0 Å². The molecule has 2 aromatic carbocycles. The minimum absolute atomic E-state index is 0.000866. The minimum Gasteiger partial charge on any atom is -0.435 e. The SMILES string of the molecule is CC(C)(C)CC(C)(C(=O)OC(Cc1ccccc1)OCc1ccccc1)C(C)(C)C. The van der Waals surface area contributed by atoms with Gasteiger partial charge >= 0.3 is 5.97 Å². The van der Waals surface area contributed by atoms with Crippen molar-refractivity contribution in [3.05, 3.63) is 71.8 Å². The van der Waals surface area contributed by atoms with E-state index in [9.17, 15) is 4.79 Å². The molecule has 2 unspecified atom stereocenters. The zero-order valence-corrected chi connectivity index (χ0v) is 19.7. The number of ether oxygens (including phenoxy) is 2. The third-order valence-corrected chi connectivity index (χ3v) is 5.75. The Kier molecular flexibility index (Phi) is 7.87. The van der Waals surface area contributed by atoms with Gasteiger partial charge in [-0.15, -0.1) is 0 Å². The number of carbonyl (C=O) groups excluding carboxylic acids is 1. The summed E-state index contributed by atoms with van der Waals surface area (Å²) in [5.41, 5.74) is 1.27. The lowest BCUT2D eigenvalue weighted by Gasteiger charge is -2.44. The molecule has 0 aromatic heterocycles. The Balaban J connectivity index is 2.22. The summed E-state index contributed by atoms with van der Waals surface area (Å²) in [4.78, 5) is 13.5. The van der Waals surface area contributed by atoms with Crippen LogP contribution in [-0.2, 0) is 27.3 Å². The lowest BCUT2D eigenvalue weighted by Crippen LogP contribution is -2.46. The molecule has 0 heterocycles. The van der Waals surface area contributed by atoms with E-state index in [1.54, 1.807) is 0 Å². The number of benzene rings is 2. The first-order chi connectivity index (χ1) is 13.9. The molecule has 2 atom stereocenters. The van der Waals surface area contributed by atoms with E-state index < -0.39 is 11.7 Å². The summed E-state index contributed by atoms with van der Waals surface area (Å²) in [7, 11) is 0. The summed E-state index contributed by atoms with van der Waals surface area (Å²) in [6, 6.07) is 20.0. The molecule has 0 amide bonds. The second kappa shape index (κ2) is 9.78. The second-order valence-electron chi connectivity index (χ2n) is 10.6. The number of carbonyl (C=O) groups is 1. The Morgan fingerprint density at radius 1 is 0.800 bits per heavy atom. The van der Waals surface area contributed by atoms with Gasteiger partial charge in [0.05, 0.1) is 12.0 Å². The largest absolute Gasteiger partial charge is 0.435 e. The Hall–Kier alpha value is -2.13. The van der Waals surface area contributed by atoms with Crippen molar-refractivity contribution in [3.8, 4) is 0 Å². The number of hydrogen-bond acceptors (Lipinski definition) is 3. The summed E-state index contributed by atoms with van der Waals surface area (Å²) in [5.74, 6) is -0.195. The highest BCUT2D eigenvalue weighted by molar-refractivity contribution is 5.77. The molecule has 0 aliphatic heterocycles. The summed E-state index contributed by atoms with van der Waals surface area (Å²) >= 11 is 0. The summed E-state index contributed by atoms with van der Waals surface area (Å²) < 4.78 is 12.2. The highest BCUT2D eigenvalue weighted by Crippen LogP contribution is 2.47. The van der Waals surface area contributed by atoms with E-state index in [1.807, 2.05) is 67.6 Å². The Labute approximate surface area is 182 Å². The molecule has 0 radical (unpaired) electrons. The van der Waals surface area contributed by atoms with Crippen LogP contribution in [0.2, 0.25) is 0 Å². The Morgan fingerprint density at radius 3 is 1.77 bits per heavy atom. The standard InChI is InChI=1S/C27H38O3/c1-25(2,3)20-27(7,26(4,5)6)24(28)30-23(18-21-14-10-8-11-15-21)29-19-22-16-12-9-13-17-22/h8-17,23H,18-20H2,1-7H3. The number of rotatable bonds is 8. The molecule has 0 fully saturated rings. The normalized spacial score (nSPS) is 15.3. The average molecular weight is 411 g/mol. The average Bonchev–Trinajstić information content (AvgIpc) is 2.65. The summed E-state index contributed by atoms with van der Waals surface area (Å²) in [6.07, 6.45) is 0.621. The van der Waals surface area contributed by atoms with Crippen LogP contribution in [0.25, 0.3) is 0 Å². The predicted octanol–water partition coefficient (Wildman–Crippen LogP) is 6.80. The Bertz CT molecular complexity index is 784. The van der Waals surface area contributed by atoms with Crippen LogP contribution < -0.4 is 0 Å². The van der Waals surface area contributed by atoms with E-state index in [0.29, 0.717) is 13.0 Å². The topological polar surface area (TPSA) is 35.5 Å². The van der Waals surface area contributed by atoms with Crippen LogP contribution in [-0.4, -0.2) is 12.3 Å². The molecular weight excluding hydrogens is 372 g/mol. The minimum atomic E-state index is -0.637. The molecule has 30 heavy (non-hydrogen) atoms. The maximum Gasteiger partial charge on any atom is 0.314 e. The van der Waals surface area contributed by atoms with Gasteiger partial charge < -0.3 is 9.47 Å². The van der Waals surface area contributed by atoms with Crippen molar-refractivity contribution in [2.75, 3.05) is 0 Å². The van der Waals surface area contributed by atoms with Crippen LogP contribution in [0.5, 0.6) is 0 Å². The van der Waals surface area contributed by atoms with Gasteiger partial charge in [-0.25, -0.2) is 0 Å². The third-order valence-electron chi connectivity index (χ3n) is 5.75. The quantitative estimate of drug-likeness (QED) is 0.354. The van der Waals surface area contributed by atoms with Crippen LogP contribution in [0.1, 0.15) is 66.0 Å². The van der Waals surface area contributed by atoms with Crippen molar-refractivity contribution >= 4 is 5.97 Å². The van der Waals surface area contributed by atoms with Gasteiger partial charge in [-0.1, -0.05) is 102 Å². The predicted molar refractivity (Wildman–Crippen MR) is 123 cm³/mol. The fourth-order valence-electron chi connectivity index (χ4n) is 3.66. The van der Waals surface area contributed by atoms with E-state index in [0.717, 1.165) is 17.5 Å². The fraction of sp³-hybridized carbons (Fsp3) is 0.519. The van der Waals surface area contributed by atoms with Crippen molar-refractivity contribution in [2.45, 2.75) is 74.2 Å². The van der Waals surface area contributed by atoms with Gasteiger partial charge in [0.2, 0.25) is 6.29 Å². The van der Waals surface area contributed by atoms with Gasteiger partial charge in [0.25, 0.3) is 0 Å². The van der Waals surface area contributed by atoms with E-state index in [4.69, 9.17) is 9.47 Å². The molecular formula is C27H38O3. The first-order valence-electron chi connectivity index (χ1n) is 10.8. The maximum atomic E-state index is 13.5. The molecule has 3 nitrogen and oxygen atoms in total. The molecule has 2 rings (SSSR count). The van der Waals surface area contributed by atoms with Gasteiger partial charge in [0, 0.05) is 6.42 Å². The first kappa shape index (κ1) is 24.1. The molecule has 2 aromatic rings. The van der Waals surface area contributed by atoms with Crippen molar-refractivity contribution in [3.63, 3.8) is 0 Å². The molecule has 0 aliphatic carbocycles. The van der Waals surface area contributed by atoms with Crippen molar-refractivity contribution in [1.82, 2.24) is 0 Å². The molecule has 0 saturated carbocycles. The van der Waals surface area contributed by atoms with Crippen LogP contribution in [0, 0.1) is 16.2 Å². The van der Waals surface area contributed by atoms with E-state index in [-0.39, 0.29) is 16.8 Å². The second-order valence-corrected chi connectivity index (χ2v) is 10.6. The smallest absolute Gasteiger partial charge is 0.314 e. The molecule has 0 spiro atoms. The number of hydrogen-bond donors (Lipinski definition) is 0. The van der Waals surface area contributed by atoms with Gasteiger partial charge in [-0.05, 0) is 35.3 Å². The van der Waals surface area contributed by atoms with Crippen LogP contribution in [0.15, 0.2) is 60.7 Å². The summed E-state index contributed by atoms with van der Waals surface area (Å²) in [6.45, 7) is 15.2. The molecule has 0 aliphatic rings. The molecule has 0 bridgehead atoms. The molecule has 3 heteroatoms. The lowest BCUT2D eigenvalue weighted by atomic mass is 9.61. The monoisotopic (exact) mass is 410 g/mol.